The molecule has 0 aliphatic carbocycles. The Morgan fingerprint density at radius 3 is 2.33 bits per heavy atom. The molecular formula is C21H16ClF6N8O6P. The number of hydrogen-bond donors (Lipinski definition) is 3. The minimum atomic E-state index is -5.70. The van der Waals surface area contributed by atoms with Crippen LogP contribution in [0.15, 0.2) is 47.4 Å². The summed E-state index contributed by atoms with van der Waals surface area (Å²) < 4.78 is 99.3. The molecule has 2 atom stereocenters. The lowest BCUT2D eigenvalue weighted by atomic mass is 10.2. The molecule has 3 heterocycles. The third kappa shape index (κ3) is 6.94. The Hall–Kier alpha value is -4.10. The van der Waals surface area contributed by atoms with Gasteiger partial charge in [0.25, 0.3) is 12.3 Å². The first-order valence-corrected chi connectivity index (χ1v) is 13.3. The number of rotatable bonds is 10. The van der Waals surface area contributed by atoms with E-state index in [2.05, 4.69) is 24.7 Å². The molecule has 4 rings (SSSR count). The Balaban J connectivity index is 1.85. The molecule has 0 saturated carbocycles. The molecule has 3 aromatic heterocycles. The van der Waals surface area contributed by atoms with Crippen LogP contribution in [0.2, 0.25) is 5.02 Å². The zero-order chi connectivity index (χ0) is 31.9. The van der Waals surface area contributed by atoms with E-state index in [0.29, 0.717) is 15.4 Å². The number of nitrogens with two attached hydrogens (primary N) is 1. The minimum Gasteiger partial charge on any atom is -0.363 e. The van der Waals surface area contributed by atoms with Crippen LogP contribution in [-0.2, 0) is 21.8 Å². The standard InChI is InChI=1S/C21H16ClF6N8O6P/c22-10-5-3-9(4-6-10)17-33-34(20(38)35(17)15(25)13(14(23)24)42-43(39,40)41)8-12-31-19(16(29)37)36(32-12)18-11(21(26,27)28)2-1-7-30-18/h1-7,13-15H,8H2,(H2,29,37)(H2,39,40,41). The molecule has 4 aromatic rings. The summed E-state index contributed by atoms with van der Waals surface area (Å²) in [5, 5.41) is 7.80. The van der Waals surface area contributed by atoms with Gasteiger partial charge in [0, 0.05) is 16.8 Å². The number of carbonyl (C=O) groups is 1. The van der Waals surface area contributed by atoms with E-state index in [1.165, 1.54) is 24.3 Å². The summed E-state index contributed by atoms with van der Waals surface area (Å²) in [5.41, 5.74) is 2.32. The fourth-order valence-corrected chi connectivity index (χ4v) is 4.35. The fraction of sp³-hybridized carbons (Fsp3) is 0.238. The van der Waals surface area contributed by atoms with Crippen molar-refractivity contribution in [2.24, 2.45) is 5.73 Å². The molecule has 1 amide bonds. The molecule has 1 aromatic carbocycles. The van der Waals surface area contributed by atoms with Crippen molar-refractivity contribution in [3.8, 4) is 17.2 Å². The lowest BCUT2D eigenvalue weighted by Gasteiger charge is -2.22. The van der Waals surface area contributed by atoms with Gasteiger partial charge in [-0.2, -0.15) is 17.9 Å². The summed E-state index contributed by atoms with van der Waals surface area (Å²) in [7, 11) is -5.70. The van der Waals surface area contributed by atoms with E-state index in [4.69, 9.17) is 27.1 Å². The number of aromatic nitrogens is 7. The topological polar surface area (TPSA) is 193 Å². The van der Waals surface area contributed by atoms with Gasteiger partial charge in [-0.1, -0.05) is 11.6 Å². The molecule has 2 unspecified atom stereocenters. The molecule has 0 fully saturated rings. The smallest absolute Gasteiger partial charge is 0.363 e. The molecule has 0 radical (unpaired) electrons. The van der Waals surface area contributed by atoms with Crippen LogP contribution in [0, 0.1) is 0 Å². The zero-order valence-corrected chi connectivity index (χ0v) is 22.5. The predicted molar refractivity (Wildman–Crippen MR) is 132 cm³/mol. The van der Waals surface area contributed by atoms with Crippen LogP contribution >= 0.6 is 19.4 Å². The molecule has 14 nitrogen and oxygen atoms in total. The number of pyridine rings is 1. The second kappa shape index (κ2) is 11.9. The number of primary amides is 1. The van der Waals surface area contributed by atoms with Crippen molar-refractivity contribution >= 4 is 25.3 Å². The van der Waals surface area contributed by atoms with E-state index in [9.17, 15) is 36.1 Å². The second-order valence-electron chi connectivity index (χ2n) is 8.41. The second-order valence-corrected chi connectivity index (χ2v) is 10.0. The molecule has 0 spiro atoms. The summed E-state index contributed by atoms with van der Waals surface area (Å²) in [6.45, 7) is -0.890. The first-order valence-electron chi connectivity index (χ1n) is 11.4. The van der Waals surface area contributed by atoms with Gasteiger partial charge in [-0.3, -0.25) is 9.32 Å². The first-order chi connectivity index (χ1) is 20.0. The van der Waals surface area contributed by atoms with Crippen LogP contribution in [0.25, 0.3) is 17.2 Å². The van der Waals surface area contributed by atoms with Crippen molar-refractivity contribution in [2.75, 3.05) is 0 Å². The minimum absolute atomic E-state index is 0.00221. The van der Waals surface area contributed by atoms with E-state index >= 15 is 4.39 Å². The highest BCUT2D eigenvalue weighted by Gasteiger charge is 2.41. The van der Waals surface area contributed by atoms with E-state index in [-0.39, 0.29) is 15.2 Å². The zero-order valence-electron chi connectivity index (χ0n) is 20.8. The number of phosphoric ester groups is 1. The third-order valence-corrected chi connectivity index (χ3v) is 6.22. The van der Waals surface area contributed by atoms with E-state index < -0.39 is 79.8 Å². The lowest BCUT2D eigenvalue weighted by molar-refractivity contribution is -0.137. The SMILES string of the molecule is NC(=O)c1nc(Cn2nc(-c3ccc(Cl)cc3)n(C(F)C(OP(=O)(O)O)C(F)F)c2=O)nn1-c1ncccc1C(F)(F)F. The highest BCUT2D eigenvalue weighted by Crippen LogP contribution is 2.42. The van der Waals surface area contributed by atoms with Gasteiger partial charge in [0.2, 0.25) is 12.1 Å². The maximum atomic E-state index is 15.5. The van der Waals surface area contributed by atoms with Crippen LogP contribution in [0.3, 0.4) is 0 Å². The average molecular weight is 657 g/mol. The van der Waals surface area contributed by atoms with Crippen LogP contribution in [0.4, 0.5) is 26.3 Å². The van der Waals surface area contributed by atoms with Gasteiger partial charge in [0.05, 0.1) is 0 Å². The van der Waals surface area contributed by atoms with Crippen molar-refractivity contribution < 1.29 is 50.0 Å². The molecule has 4 N–H and O–H groups in total. The van der Waals surface area contributed by atoms with Crippen molar-refractivity contribution in [3.63, 3.8) is 0 Å². The highest BCUT2D eigenvalue weighted by atomic mass is 35.5. The number of alkyl halides is 6. The number of benzene rings is 1. The monoisotopic (exact) mass is 656 g/mol. The third-order valence-electron chi connectivity index (χ3n) is 5.45. The van der Waals surface area contributed by atoms with Gasteiger partial charge in [-0.05, 0) is 36.4 Å². The summed E-state index contributed by atoms with van der Waals surface area (Å²) in [6, 6.07) is 6.55. The van der Waals surface area contributed by atoms with E-state index in [1.54, 1.807) is 0 Å². The van der Waals surface area contributed by atoms with E-state index in [1.807, 2.05) is 0 Å². The van der Waals surface area contributed by atoms with Crippen LogP contribution in [0.5, 0.6) is 0 Å². The van der Waals surface area contributed by atoms with Gasteiger partial charge < -0.3 is 15.5 Å². The quantitative estimate of drug-likeness (QED) is 0.169. The Morgan fingerprint density at radius 2 is 1.77 bits per heavy atom. The maximum absolute atomic E-state index is 15.5. The van der Waals surface area contributed by atoms with Crippen molar-refractivity contribution in [1.82, 2.24) is 34.1 Å². The van der Waals surface area contributed by atoms with Gasteiger partial charge in [-0.15, -0.1) is 10.2 Å². The van der Waals surface area contributed by atoms with Gasteiger partial charge in [0.15, 0.2) is 23.6 Å². The molecule has 43 heavy (non-hydrogen) atoms. The summed E-state index contributed by atoms with van der Waals surface area (Å²) in [4.78, 5) is 50.5. The molecule has 0 bridgehead atoms. The van der Waals surface area contributed by atoms with Crippen LogP contribution < -0.4 is 11.4 Å². The maximum Gasteiger partial charge on any atom is 0.470 e. The van der Waals surface area contributed by atoms with Crippen LogP contribution in [-0.4, -0.2) is 62.3 Å². The highest BCUT2D eigenvalue weighted by molar-refractivity contribution is 7.46. The molecule has 0 saturated heterocycles. The molecule has 0 aliphatic rings. The number of phosphoric acid groups is 1. The Morgan fingerprint density at radius 1 is 1.12 bits per heavy atom. The summed E-state index contributed by atoms with van der Waals surface area (Å²) in [6.07, 6.45) is -14.3. The summed E-state index contributed by atoms with van der Waals surface area (Å²) in [5.74, 6) is -4.33. The van der Waals surface area contributed by atoms with Gasteiger partial charge in [-0.25, -0.2) is 41.7 Å². The molecule has 0 aliphatic heterocycles. The predicted octanol–water partition coefficient (Wildman–Crippen LogP) is 2.72. The van der Waals surface area contributed by atoms with Gasteiger partial charge >= 0.3 is 19.7 Å². The van der Waals surface area contributed by atoms with Gasteiger partial charge in [0.1, 0.15) is 12.1 Å². The number of halogens is 7. The Labute approximate surface area is 239 Å². The molecule has 22 heteroatoms. The first kappa shape index (κ1) is 31.8. The Kier molecular flexibility index (Phi) is 8.80. The van der Waals surface area contributed by atoms with E-state index in [0.717, 1.165) is 12.3 Å². The molecule has 230 valence electrons. The lowest BCUT2D eigenvalue weighted by Crippen LogP contribution is -2.36. The number of hydrogen-bond acceptors (Lipinski definition) is 8. The number of nitrogens with zero attached hydrogens (tertiary/aromatic N) is 7. The number of amides is 1. The van der Waals surface area contributed by atoms with Crippen molar-refractivity contribution in [1.29, 1.82) is 0 Å². The van der Waals surface area contributed by atoms with Crippen molar-refractivity contribution in [2.45, 2.75) is 31.5 Å². The van der Waals surface area contributed by atoms with Crippen LogP contribution in [0.1, 0.15) is 28.3 Å². The number of carbonyl (C=O) groups excluding carboxylic acids is 1. The normalized spacial score (nSPS) is 13.8. The largest absolute Gasteiger partial charge is 0.470 e. The molecular weight excluding hydrogens is 641 g/mol. The average Bonchev–Trinajstić information content (AvgIpc) is 3.48. The Bertz CT molecular complexity index is 1760. The van der Waals surface area contributed by atoms with Crippen molar-refractivity contribution in [3.05, 3.63) is 75.3 Å². The fourth-order valence-electron chi connectivity index (χ4n) is 3.71. The summed E-state index contributed by atoms with van der Waals surface area (Å²) >= 11 is 5.84.